The number of methoxy groups -OCH3 is 2. The second kappa shape index (κ2) is 12.1. The van der Waals surface area contributed by atoms with Gasteiger partial charge in [-0.05, 0) is 55.3 Å². The molecule has 0 fully saturated rings. The van der Waals surface area contributed by atoms with E-state index in [1.54, 1.807) is 14.2 Å². The van der Waals surface area contributed by atoms with Crippen molar-refractivity contribution in [2.24, 2.45) is 0 Å². The van der Waals surface area contributed by atoms with Crippen LogP contribution < -0.4 is 14.8 Å². The van der Waals surface area contributed by atoms with E-state index >= 15 is 0 Å². The number of likely N-dealkylation sites (N-methyl/N-ethyl adjacent to an activating group) is 1. The van der Waals surface area contributed by atoms with Gasteiger partial charge in [0.05, 0.1) is 14.2 Å². The maximum absolute atomic E-state index is 12.5. The maximum Gasteiger partial charge on any atom is 0.220 e. The maximum atomic E-state index is 12.5. The molecule has 2 aromatic rings. The number of amides is 1. The van der Waals surface area contributed by atoms with Crippen LogP contribution >= 0.6 is 0 Å². The Morgan fingerprint density at radius 1 is 1.03 bits per heavy atom. The summed E-state index contributed by atoms with van der Waals surface area (Å²) in [5, 5.41) is 3.14. The van der Waals surface area contributed by atoms with E-state index in [1.807, 2.05) is 24.3 Å². The van der Waals surface area contributed by atoms with Gasteiger partial charge >= 0.3 is 0 Å². The van der Waals surface area contributed by atoms with Crippen molar-refractivity contribution < 1.29 is 14.3 Å². The molecule has 0 saturated heterocycles. The molecule has 29 heavy (non-hydrogen) atoms. The first kappa shape index (κ1) is 22.8. The molecule has 1 unspecified atom stereocenters. The number of hydrogen-bond acceptors (Lipinski definition) is 4. The molecule has 0 aliphatic heterocycles. The molecular weight excluding hydrogens is 364 g/mol. The highest BCUT2D eigenvalue weighted by Crippen LogP contribution is 2.25. The van der Waals surface area contributed by atoms with Crippen LogP contribution in [0.2, 0.25) is 0 Å². The molecule has 0 aliphatic rings. The molecule has 1 amide bonds. The first-order chi connectivity index (χ1) is 14.1. The fraction of sp³-hybridized carbons (Fsp3) is 0.458. The Bertz CT molecular complexity index is 745. The Labute approximate surface area is 175 Å². The fourth-order valence-corrected chi connectivity index (χ4v) is 3.60. The van der Waals surface area contributed by atoms with Gasteiger partial charge in [-0.25, -0.2) is 0 Å². The van der Waals surface area contributed by atoms with Crippen molar-refractivity contribution in [2.75, 3.05) is 33.9 Å². The van der Waals surface area contributed by atoms with Gasteiger partial charge < -0.3 is 14.8 Å². The van der Waals surface area contributed by atoms with E-state index in [9.17, 15) is 4.79 Å². The molecule has 1 atom stereocenters. The fourth-order valence-electron chi connectivity index (χ4n) is 3.60. The predicted molar refractivity (Wildman–Crippen MR) is 118 cm³/mol. The standard InChI is InChI=1S/C24H34N2O3/c1-5-26(6-2)21(16-19-10-8-7-9-11-19)18-25-24(27)15-12-20-17-22(28-3)13-14-23(20)29-4/h7-11,13-14,17,21H,5-6,12,15-16,18H2,1-4H3,(H,25,27). The number of aryl methyl sites for hydroxylation is 1. The minimum Gasteiger partial charge on any atom is -0.497 e. The highest BCUT2D eigenvalue weighted by molar-refractivity contribution is 5.76. The Kier molecular flexibility index (Phi) is 9.51. The van der Waals surface area contributed by atoms with Gasteiger partial charge in [-0.1, -0.05) is 44.2 Å². The quantitative estimate of drug-likeness (QED) is 0.592. The van der Waals surface area contributed by atoms with Crippen LogP contribution in [0.4, 0.5) is 0 Å². The van der Waals surface area contributed by atoms with Gasteiger partial charge in [-0.15, -0.1) is 0 Å². The number of rotatable bonds is 12. The minimum absolute atomic E-state index is 0.0556. The zero-order valence-corrected chi connectivity index (χ0v) is 18.1. The van der Waals surface area contributed by atoms with E-state index < -0.39 is 0 Å². The van der Waals surface area contributed by atoms with Gasteiger partial charge in [0, 0.05) is 19.0 Å². The first-order valence-electron chi connectivity index (χ1n) is 10.4. The lowest BCUT2D eigenvalue weighted by molar-refractivity contribution is -0.121. The molecule has 0 radical (unpaired) electrons. The van der Waals surface area contributed by atoms with E-state index in [4.69, 9.17) is 9.47 Å². The average molecular weight is 399 g/mol. The van der Waals surface area contributed by atoms with Gasteiger partial charge in [0.1, 0.15) is 11.5 Å². The summed E-state index contributed by atoms with van der Waals surface area (Å²) < 4.78 is 10.7. The highest BCUT2D eigenvalue weighted by atomic mass is 16.5. The van der Waals surface area contributed by atoms with Crippen molar-refractivity contribution in [2.45, 2.75) is 39.2 Å². The van der Waals surface area contributed by atoms with Crippen LogP contribution in [0.5, 0.6) is 11.5 Å². The van der Waals surface area contributed by atoms with Gasteiger partial charge in [0.25, 0.3) is 0 Å². The Hall–Kier alpha value is -2.53. The van der Waals surface area contributed by atoms with Crippen LogP contribution in [0.3, 0.4) is 0 Å². The Morgan fingerprint density at radius 2 is 1.76 bits per heavy atom. The van der Waals surface area contributed by atoms with Gasteiger partial charge in [0.2, 0.25) is 5.91 Å². The summed E-state index contributed by atoms with van der Waals surface area (Å²) in [6, 6.07) is 16.4. The largest absolute Gasteiger partial charge is 0.497 e. The van der Waals surface area contributed by atoms with Gasteiger partial charge in [0.15, 0.2) is 0 Å². The van der Waals surface area contributed by atoms with E-state index in [0.29, 0.717) is 19.4 Å². The van der Waals surface area contributed by atoms with Crippen molar-refractivity contribution in [3.63, 3.8) is 0 Å². The zero-order valence-electron chi connectivity index (χ0n) is 18.1. The number of carbonyl (C=O) groups excluding carboxylic acids is 1. The van der Waals surface area contributed by atoms with E-state index in [0.717, 1.165) is 36.6 Å². The summed E-state index contributed by atoms with van der Waals surface area (Å²) in [6.07, 6.45) is 1.95. The van der Waals surface area contributed by atoms with Crippen molar-refractivity contribution in [3.8, 4) is 11.5 Å². The number of hydrogen-bond donors (Lipinski definition) is 1. The molecule has 5 nitrogen and oxygen atoms in total. The summed E-state index contributed by atoms with van der Waals surface area (Å²) >= 11 is 0. The molecule has 0 spiro atoms. The van der Waals surface area contributed by atoms with Crippen molar-refractivity contribution in [1.82, 2.24) is 10.2 Å². The van der Waals surface area contributed by atoms with Crippen molar-refractivity contribution in [1.29, 1.82) is 0 Å². The number of nitrogens with zero attached hydrogens (tertiary/aromatic N) is 1. The van der Waals surface area contributed by atoms with Crippen LogP contribution in [-0.4, -0.2) is 50.7 Å². The lowest BCUT2D eigenvalue weighted by Crippen LogP contribution is -2.45. The molecule has 2 rings (SSSR count). The third-order valence-electron chi connectivity index (χ3n) is 5.29. The molecule has 0 aliphatic carbocycles. The zero-order chi connectivity index (χ0) is 21.1. The molecule has 1 N–H and O–H groups in total. The third kappa shape index (κ3) is 7.09. The van der Waals surface area contributed by atoms with Crippen molar-refractivity contribution in [3.05, 3.63) is 59.7 Å². The summed E-state index contributed by atoms with van der Waals surface area (Å²) in [5.74, 6) is 1.61. The average Bonchev–Trinajstić information content (AvgIpc) is 2.77. The molecule has 5 heteroatoms. The second-order valence-electron chi connectivity index (χ2n) is 7.05. The highest BCUT2D eigenvalue weighted by Gasteiger charge is 2.17. The lowest BCUT2D eigenvalue weighted by Gasteiger charge is -2.30. The van der Waals surface area contributed by atoms with E-state index in [1.165, 1.54) is 5.56 Å². The smallest absolute Gasteiger partial charge is 0.220 e. The molecule has 0 saturated carbocycles. The number of ether oxygens (including phenoxy) is 2. The minimum atomic E-state index is 0.0556. The van der Waals surface area contributed by atoms with Crippen LogP contribution in [0.25, 0.3) is 0 Å². The van der Waals surface area contributed by atoms with Crippen LogP contribution in [0, 0.1) is 0 Å². The monoisotopic (exact) mass is 398 g/mol. The summed E-state index contributed by atoms with van der Waals surface area (Å²) in [6.45, 7) is 6.90. The van der Waals surface area contributed by atoms with Gasteiger partial charge in [-0.3, -0.25) is 9.69 Å². The lowest BCUT2D eigenvalue weighted by atomic mass is 10.0. The molecular formula is C24H34N2O3. The Balaban J connectivity index is 1.94. The normalized spacial score (nSPS) is 11.9. The third-order valence-corrected chi connectivity index (χ3v) is 5.29. The van der Waals surface area contributed by atoms with E-state index in [2.05, 4.69) is 48.3 Å². The van der Waals surface area contributed by atoms with Gasteiger partial charge in [-0.2, -0.15) is 0 Å². The molecule has 158 valence electrons. The SMILES string of the molecule is CCN(CC)C(CNC(=O)CCc1cc(OC)ccc1OC)Cc1ccccc1. The Morgan fingerprint density at radius 3 is 2.38 bits per heavy atom. The molecule has 2 aromatic carbocycles. The summed E-state index contributed by atoms with van der Waals surface area (Å²) in [4.78, 5) is 14.9. The molecule has 0 aromatic heterocycles. The molecule has 0 bridgehead atoms. The topological polar surface area (TPSA) is 50.8 Å². The number of nitrogens with one attached hydrogen (secondary N) is 1. The molecule has 0 heterocycles. The first-order valence-corrected chi connectivity index (χ1v) is 10.4. The summed E-state index contributed by atoms with van der Waals surface area (Å²) in [5.41, 5.74) is 2.27. The van der Waals surface area contributed by atoms with Crippen LogP contribution in [-0.2, 0) is 17.6 Å². The van der Waals surface area contributed by atoms with Crippen molar-refractivity contribution >= 4 is 5.91 Å². The van der Waals surface area contributed by atoms with Crippen LogP contribution in [0.15, 0.2) is 48.5 Å². The second-order valence-corrected chi connectivity index (χ2v) is 7.05. The summed E-state index contributed by atoms with van der Waals surface area (Å²) in [7, 11) is 3.28. The number of carbonyl (C=O) groups is 1. The predicted octanol–water partition coefficient (Wildman–Crippen LogP) is 3.71. The van der Waals surface area contributed by atoms with Crippen LogP contribution in [0.1, 0.15) is 31.4 Å². The van der Waals surface area contributed by atoms with E-state index in [-0.39, 0.29) is 11.9 Å². The number of benzene rings is 2.